The number of alkyl halides is 1. The van der Waals surface area contributed by atoms with Crippen molar-refractivity contribution in [2.45, 2.75) is 11.2 Å². The zero-order valence-corrected chi connectivity index (χ0v) is 13.3. The zero-order chi connectivity index (χ0) is 13.1. The molecule has 2 rings (SSSR count). The van der Waals surface area contributed by atoms with E-state index in [0.29, 0.717) is 0 Å². The molecule has 0 heterocycles. The van der Waals surface area contributed by atoms with E-state index in [4.69, 9.17) is 11.6 Å². The molecule has 2 aromatic rings. The maximum absolute atomic E-state index is 13.0. The third-order valence-electron chi connectivity index (χ3n) is 2.66. The summed E-state index contributed by atoms with van der Waals surface area (Å²) in [4.78, 5) is 0.0902. The quantitative estimate of drug-likeness (QED) is 0.569. The van der Waals surface area contributed by atoms with Gasteiger partial charge in [0.25, 0.3) is 0 Å². The van der Waals surface area contributed by atoms with Crippen LogP contribution in [0.4, 0.5) is 4.39 Å². The minimum atomic E-state index is -0.247. The van der Waals surface area contributed by atoms with Crippen LogP contribution in [0, 0.1) is 5.82 Å². The molecule has 0 aromatic heterocycles. The molecule has 0 amide bonds. The Hall–Kier alpha value is -0.380. The number of hydrogen-bond acceptors (Lipinski definition) is 0. The van der Waals surface area contributed by atoms with Crippen LogP contribution in [0.2, 0.25) is 5.02 Å². The predicted molar refractivity (Wildman–Crippen MR) is 80.9 cm³/mol. The molecule has 0 aliphatic heterocycles. The summed E-state index contributed by atoms with van der Waals surface area (Å²) in [5.74, 6) is -0.247. The topological polar surface area (TPSA) is 0 Å². The van der Waals surface area contributed by atoms with Gasteiger partial charge in [0.15, 0.2) is 0 Å². The smallest absolute Gasteiger partial charge is 0.124 e. The Bertz CT molecular complexity index is 557. The Morgan fingerprint density at radius 2 is 1.89 bits per heavy atom. The summed E-state index contributed by atoms with van der Waals surface area (Å²) in [5, 5.41) is 0.750. The van der Waals surface area contributed by atoms with Crippen molar-refractivity contribution in [3.63, 3.8) is 0 Å². The van der Waals surface area contributed by atoms with Crippen LogP contribution in [0.15, 0.2) is 46.9 Å². The van der Waals surface area contributed by atoms with Crippen LogP contribution in [0.3, 0.4) is 0 Å². The highest BCUT2D eigenvalue weighted by atomic mass is 79.9. The van der Waals surface area contributed by atoms with E-state index in [9.17, 15) is 4.39 Å². The van der Waals surface area contributed by atoms with Crippen molar-refractivity contribution in [2.75, 3.05) is 0 Å². The summed E-state index contributed by atoms with van der Waals surface area (Å²) in [5.41, 5.74) is 2.08. The Kier molecular flexibility index (Phi) is 4.82. The number of rotatable bonds is 3. The summed E-state index contributed by atoms with van der Waals surface area (Å²) in [6.45, 7) is 0. The average Bonchev–Trinajstić information content (AvgIpc) is 2.32. The second kappa shape index (κ2) is 6.18. The van der Waals surface area contributed by atoms with Crippen molar-refractivity contribution < 1.29 is 4.39 Å². The molecule has 0 spiro atoms. The summed E-state index contributed by atoms with van der Waals surface area (Å²) >= 11 is 13.1. The van der Waals surface area contributed by atoms with Crippen molar-refractivity contribution in [2.24, 2.45) is 0 Å². The second-order valence-corrected chi connectivity index (χ2v) is 6.30. The molecule has 0 aliphatic carbocycles. The molecule has 0 aliphatic rings. The van der Waals surface area contributed by atoms with Crippen LogP contribution >= 0.6 is 43.5 Å². The summed E-state index contributed by atoms with van der Waals surface area (Å²) in [6.07, 6.45) is 0.754. The maximum Gasteiger partial charge on any atom is 0.124 e. The standard InChI is InChI=1S/C14H10Br2ClF/c15-12(7-9-3-1-2-4-14(9)17)11-6-5-10(18)8-13(11)16/h1-6,8,12H,7H2. The normalized spacial score (nSPS) is 12.4. The maximum atomic E-state index is 13.0. The molecule has 0 saturated heterocycles. The molecular weight excluding hydrogens is 382 g/mol. The monoisotopic (exact) mass is 390 g/mol. The molecule has 4 heteroatoms. The fourth-order valence-corrected chi connectivity index (χ4v) is 3.62. The zero-order valence-electron chi connectivity index (χ0n) is 9.34. The van der Waals surface area contributed by atoms with Gasteiger partial charge in [-0.05, 0) is 35.7 Å². The van der Waals surface area contributed by atoms with Gasteiger partial charge in [0, 0.05) is 14.3 Å². The lowest BCUT2D eigenvalue weighted by molar-refractivity contribution is 0.626. The largest absolute Gasteiger partial charge is 0.207 e. The summed E-state index contributed by atoms with van der Waals surface area (Å²) in [7, 11) is 0. The van der Waals surface area contributed by atoms with Gasteiger partial charge >= 0.3 is 0 Å². The molecule has 0 bridgehead atoms. The van der Waals surface area contributed by atoms with Crippen molar-refractivity contribution in [1.29, 1.82) is 0 Å². The summed E-state index contributed by atoms with van der Waals surface area (Å²) < 4.78 is 13.8. The van der Waals surface area contributed by atoms with E-state index in [2.05, 4.69) is 31.9 Å². The number of hydrogen-bond donors (Lipinski definition) is 0. The van der Waals surface area contributed by atoms with E-state index in [1.54, 1.807) is 6.07 Å². The molecule has 18 heavy (non-hydrogen) atoms. The van der Waals surface area contributed by atoms with E-state index < -0.39 is 0 Å². The molecule has 94 valence electrons. The van der Waals surface area contributed by atoms with Gasteiger partial charge in [-0.15, -0.1) is 0 Å². The molecular formula is C14H10Br2ClF. The Morgan fingerprint density at radius 3 is 2.56 bits per heavy atom. The Labute approximate surface area is 127 Å². The first-order valence-corrected chi connectivity index (χ1v) is 7.49. The SMILES string of the molecule is Fc1ccc(C(Br)Cc2ccccc2Cl)c(Br)c1. The van der Waals surface area contributed by atoms with Crippen molar-refractivity contribution in [3.8, 4) is 0 Å². The number of halogens is 4. The van der Waals surface area contributed by atoms with E-state index in [-0.39, 0.29) is 10.6 Å². The van der Waals surface area contributed by atoms with Crippen molar-refractivity contribution in [1.82, 2.24) is 0 Å². The van der Waals surface area contributed by atoms with Gasteiger partial charge in [-0.25, -0.2) is 4.39 Å². The van der Waals surface area contributed by atoms with E-state index >= 15 is 0 Å². The second-order valence-electron chi connectivity index (χ2n) is 3.93. The first kappa shape index (κ1) is 14.0. The van der Waals surface area contributed by atoms with Crippen LogP contribution < -0.4 is 0 Å². The van der Waals surface area contributed by atoms with Crippen LogP contribution in [0.5, 0.6) is 0 Å². The van der Waals surface area contributed by atoms with Gasteiger partial charge in [-0.1, -0.05) is 67.7 Å². The number of benzene rings is 2. The van der Waals surface area contributed by atoms with Gasteiger partial charge in [0.05, 0.1) is 0 Å². The first-order valence-electron chi connectivity index (χ1n) is 5.40. The molecule has 1 unspecified atom stereocenters. The van der Waals surface area contributed by atoms with E-state index in [1.165, 1.54) is 12.1 Å². The Morgan fingerprint density at radius 1 is 1.17 bits per heavy atom. The molecule has 0 saturated carbocycles. The van der Waals surface area contributed by atoms with Gasteiger partial charge < -0.3 is 0 Å². The fourth-order valence-electron chi connectivity index (χ4n) is 1.72. The van der Waals surface area contributed by atoms with Crippen molar-refractivity contribution >= 4 is 43.5 Å². The minimum Gasteiger partial charge on any atom is -0.207 e. The fraction of sp³-hybridized carbons (Fsp3) is 0.143. The van der Waals surface area contributed by atoms with Crippen molar-refractivity contribution in [3.05, 3.63) is 68.9 Å². The summed E-state index contributed by atoms with van der Waals surface area (Å²) in [6, 6.07) is 12.4. The Balaban J connectivity index is 2.22. The molecule has 2 aromatic carbocycles. The van der Waals surface area contributed by atoms with Gasteiger partial charge in [0.2, 0.25) is 0 Å². The third-order valence-corrected chi connectivity index (χ3v) is 4.53. The predicted octanol–water partition coefficient (Wildman–Crippen LogP) is 5.92. The molecule has 0 fully saturated rings. The van der Waals surface area contributed by atoms with Gasteiger partial charge in [-0.3, -0.25) is 0 Å². The highest BCUT2D eigenvalue weighted by molar-refractivity contribution is 9.11. The van der Waals surface area contributed by atoms with Crippen LogP contribution in [-0.2, 0) is 6.42 Å². The van der Waals surface area contributed by atoms with Gasteiger partial charge in [0.1, 0.15) is 5.82 Å². The molecule has 0 nitrogen and oxygen atoms in total. The lowest BCUT2D eigenvalue weighted by atomic mass is 10.0. The minimum absolute atomic E-state index is 0.0902. The molecule has 1 atom stereocenters. The van der Waals surface area contributed by atoms with Crippen LogP contribution in [0.1, 0.15) is 16.0 Å². The molecule has 0 radical (unpaired) electrons. The lowest BCUT2D eigenvalue weighted by Gasteiger charge is -2.13. The highest BCUT2D eigenvalue weighted by Gasteiger charge is 2.13. The van der Waals surface area contributed by atoms with Crippen LogP contribution in [0.25, 0.3) is 0 Å². The first-order chi connectivity index (χ1) is 8.58. The van der Waals surface area contributed by atoms with E-state index in [1.807, 2.05) is 24.3 Å². The van der Waals surface area contributed by atoms with E-state index in [0.717, 1.165) is 27.0 Å². The third kappa shape index (κ3) is 3.34. The van der Waals surface area contributed by atoms with Crippen LogP contribution in [-0.4, -0.2) is 0 Å². The van der Waals surface area contributed by atoms with Gasteiger partial charge in [-0.2, -0.15) is 0 Å². The lowest BCUT2D eigenvalue weighted by Crippen LogP contribution is -1.97. The average molecular weight is 392 g/mol. The molecule has 0 N–H and O–H groups in total. The highest BCUT2D eigenvalue weighted by Crippen LogP contribution is 2.34.